The van der Waals surface area contributed by atoms with Gasteiger partial charge in [-0.2, -0.15) is 0 Å². The molecule has 2 rings (SSSR count). The Hall–Kier alpha value is -1.29. The number of halogens is 1. The summed E-state index contributed by atoms with van der Waals surface area (Å²) < 4.78 is 23.7. The zero-order chi connectivity index (χ0) is 11.1. The average Bonchev–Trinajstić information content (AvgIpc) is 2.97. The second kappa shape index (κ2) is 3.38. The number of benzene rings is 1. The van der Waals surface area contributed by atoms with Crippen LogP contribution in [0.2, 0.25) is 0 Å². The minimum Gasteiger partial charge on any atom is -0.496 e. The van der Waals surface area contributed by atoms with Crippen molar-refractivity contribution in [1.29, 1.82) is 0 Å². The molecule has 0 radical (unpaired) electrons. The van der Waals surface area contributed by atoms with Crippen molar-refractivity contribution in [2.24, 2.45) is 5.73 Å². The fourth-order valence-corrected chi connectivity index (χ4v) is 1.76. The second-order valence-electron chi connectivity index (χ2n) is 3.81. The molecule has 0 amide bonds. The molecule has 1 saturated carbocycles. The van der Waals surface area contributed by atoms with Crippen molar-refractivity contribution in [1.82, 2.24) is 0 Å². The number of hydrogen-bond acceptors (Lipinski definition) is 3. The van der Waals surface area contributed by atoms with E-state index in [1.807, 2.05) is 0 Å². The second-order valence-corrected chi connectivity index (χ2v) is 3.81. The van der Waals surface area contributed by atoms with Crippen LogP contribution in [0.15, 0.2) is 12.1 Å². The maximum Gasteiger partial charge on any atom is 0.165 e. The standard InChI is InChI=1S/C11H14FNO2/c1-14-8-4-3-7(12)10(15-2)9(8)11(13)5-6-11/h3-4H,5-6,13H2,1-2H3. The molecule has 15 heavy (non-hydrogen) atoms. The lowest BCUT2D eigenvalue weighted by atomic mass is 10.0. The molecule has 3 nitrogen and oxygen atoms in total. The highest BCUT2D eigenvalue weighted by Crippen LogP contribution is 2.51. The van der Waals surface area contributed by atoms with E-state index in [1.54, 1.807) is 13.2 Å². The first-order valence-electron chi connectivity index (χ1n) is 4.82. The van der Waals surface area contributed by atoms with Crippen molar-refractivity contribution in [3.63, 3.8) is 0 Å². The summed E-state index contributed by atoms with van der Waals surface area (Å²) in [5, 5.41) is 0. The van der Waals surface area contributed by atoms with Crippen LogP contribution in [0, 0.1) is 5.82 Å². The first-order valence-corrected chi connectivity index (χ1v) is 4.82. The molecule has 82 valence electrons. The van der Waals surface area contributed by atoms with E-state index in [-0.39, 0.29) is 5.75 Å². The van der Waals surface area contributed by atoms with Gasteiger partial charge in [-0.25, -0.2) is 4.39 Å². The summed E-state index contributed by atoms with van der Waals surface area (Å²) >= 11 is 0. The van der Waals surface area contributed by atoms with Crippen LogP contribution in [0.1, 0.15) is 18.4 Å². The summed E-state index contributed by atoms with van der Waals surface area (Å²) in [6.45, 7) is 0. The summed E-state index contributed by atoms with van der Waals surface area (Å²) in [7, 11) is 2.98. The van der Waals surface area contributed by atoms with E-state index >= 15 is 0 Å². The van der Waals surface area contributed by atoms with Crippen LogP contribution in [0.3, 0.4) is 0 Å². The van der Waals surface area contributed by atoms with E-state index in [1.165, 1.54) is 13.2 Å². The summed E-state index contributed by atoms with van der Waals surface area (Å²) in [5.41, 5.74) is 6.24. The van der Waals surface area contributed by atoms with Crippen molar-refractivity contribution in [2.75, 3.05) is 14.2 Å². The smallest absolute Gasteiger partial charge is 0.165 e. The monoisotopic (exact) mass is 211 g/mol. The van der Waals surface area contributed by atoms with Crippen LogP contribution in [0.5, 0.6) is 11.5 Å². The maximum atomic E-state index is 13.5. The van der Waals surface area contributed by atoms with Crippen molar-refractivity contribution >= 4 is 0 Å². The molecule has 0 aliphatic heterocycles. The fraction of sp³-hybridized carbons (Fsp3) is 0.455. The van der Waals surface area contributed by atoms with Crippen molar-refractivity contribution in [2.45, 2.75) is 18.4 Å². The average molecular weight is 211 g/mol. The van der Waals surface area contributed by atoms with Crippen LogP contribution in [-0.2, 0) is 5.54 Å². The van der Waals surface area contributed by atoms with Gasteiger partial charge in [0.1, 0.15) is 5.75 Å². The molecule has 0 saturated heterocycles. The quantitative estimate of drug-likeness (QED) is 0.829. The van der Waals surface area contributed by atoms with Crippen LogP contribution in [0.4, 0.5) is 4.39 Å². The molecule has 0 heterocycles. The van der Waals surface area contributed by atoms with Gasteiger partial charge in [0, 0.05) is 5.54 Å². The van der Waals surface area contributed by atoms with Gasteiger partial charge in [0.25, 0.3) is 0 Å². The minimum absolute atomic E-state index is 0.203. The van der Waals surface area contributed by atoms with Crippen LogP contribution < -0.4 is 15.2 Å². The van der Waals surface area contributed by atoms with E-state index in [4.69, 9.17) is 15.2 Å². The summed E-state index contributed by atoms with van der Waals surface area (Å²) in [6, 6.07) is 2.91. The van der Waals surface area contributed by atoms with Gasteiger partial charge in [0.2, 0.25) is 0 Å². The van der Waals surface area contributed by atoms with Crippen molar-refractivity contribution < 1.29 is 13.9 Å². The molecule has 4 heteroatoms. The SMILES string of the molecule is COc1ccc(F)c(OC)c1C1(N)CC1. The Kier molecular flexibility index (Phi) is 2.31. The Morgan fingerprint density at radius 3 is 2.40 bits per heavy atom. The summed E-state index contributed by atoms with van der Waals surface area (Å²) in [6.07, 6.45) is 1.67. The fourth-order valence-electron chi connectivity index (χ4n) is 1.76. The Bertz CT molecular complexity index is 388. The molecular formula is C11H14FNO2. The van der Waals surface area contributed by atoms with Gasteiger partial charge in [-0.05, 0) is 25.0 Å². The molecule has 0 spiro atoms. The van der Waals surface area contributed by atoms with Gasteiger partial charge >= 0.3 is 0 Å². The molecule has 1 aromatic rings. The third-order valence-electron chi connectivity index (χ3n) is 2.78. The number of hydrogen-bond donors (Lipinski definition) is 1. The van der Waals surface area contributed by atoms with Gasteiger partial charge in [-0.1, -0.05) is 0 Å². The molecule has 0 unspecified atom stereocenters. The number of ether oxygens (including phenoxy) is 2. The molecule has 0 bridgehead atoms. The third-order valence-corrected chi connectivity index (χ3v) is 2.78. The normalized spacial score (nSPS) is 17.3. The zero-order valence-corrected chi connectivity index (χ0v) is 8.84. The Labute approximate surface area is 88.0 Å². The molecule has 2 N–H and O–H groups in total. The molecule has 1 aliphatic carbocycles. The Balaban J connectivity index is 2.60. The summed E-state index contributed by atoms with van der Waals surface area (Å²) in [5.74, 6) is 0.396. The summed E-state index contributed by atoms with van der Waals surface area (Å²) in [4.78, 5) is 0. The highest BCUT2D eigenvalue weighted by Gasteiger charge is 2.45. The Morgan fingerprint density at radius 2 is 1.93 bits per heavy atom. The molecule has 1 aromatic carbocycles. The van der Waals surface area contributed by atoms with E-state index in [2.05, 4.69) is 0 Å². The van der Waals surface area contributed by atoms with Crippen molar-refractivity contribution in [3.05, 3.63) is 23.5 Å². The van der Waals surface area contributed by atoms with Crippen molar-refractivity contribution in [3.8, 4) is 11.5 Å². The van der Waals surface area contributed by atoms with Gasteiger partial charge in [0.15, 0.2) is 11.6 Å². The lowest BCUT2D eigenvalue weighted by Crippen LogP contribution is -2.21. The predicted molar refractivity (Wildman–Crippen MR) is 54.6 cm³/mol. The van der Waals surface area contributed by atoms with E-state index in [0.717, 1.165) is 12.8 Å². The molecule has 1 fully saturated rings. The largest absolute Gasteiger partial charge is 0.496 e. The Morgan fingerprint density at radius 1 is 1.27 bits per heavy atom. The first-order chi connectivity index (χ1) is 7.12. The van der Waals surface area contributed by atoms with Crippen LogP contribution >= 0.6 is 0 Å². The number of methoxy groups -OCH3 is 2. The number of nitrogens with two attached hydrogens (primary N) is 1. The third kappa shape index (κ3) is 1.55. The van der Waals surface area contributed by atoms with Gasteiger partial charge in [0.05, 0.1) is 19.8 Å². The molecule has 0 aromatic heterocycles. The van der Waals surface area contributed by atoms with Crippen LogP contribution in [-0.4, -0.2) is 14.2 Å². The van der Waals surface area contributed by atoms with Crippen LogP contribution in [0.25, 0.3) is 0 Å². The zero-order valence-electron chi connectivity index (χ0n) is 8.84. The van der Waals surface area contributed by atoms with E-state index < -0.39 is 11.4 Å². The minimum atomic E-state index is -0.473. The highest BCUT2D eigenvalue weighted by molar-refractivity contribution is 5.52. The van der Waals surface area contributed by atoms with Gasteiger partial charge in [-0.3, -0.25) is 0 Å². The lowest BCUT2D eigenvalue weighted by molar-refractivity contribution is 0.358. The van der Waals surface area contributed by atoms with Gasteiger partial charge < -0.3 is 15.2 Å². The molecule has 0 atom stereocenters. The highest BCUT2D eigenvalue weighted by atomic mass is 19.1. The molecular weight excluding hydrogens is 197 g/mol. The lowest BCUT2D eigenvalue weighted by Gasteiger charge is -2.18. The molecule has 1 aliphatic rings. The first kappa shape index (κ1) is 10.2. The van der Waals surface area contributed by atoms with E-state index in [9.17, 15) is 4.39 Å². The van der Waals surface area contributed by atoms with E-state index in [0.29, 0.717) is 11.3 Å². The predicted octanol–water partition coefficient (Wildman–Crippen LogP) is 1.79. The topological polar surface area (TPSA) is 44.5 Å². The number of rotatable bonds is 3. The van der Waals surface area contributed by atoms with Gasteiger partial charge in [-0.15, -0.1) is 0 Å². The maximum absolute atomic E-state index is 13.5.